The lowest BCUT2D eigenvalue weighted by Crippen LogP contribution is -2.24. The number of carbonyl (C=O) groups is 1. The fourth-order valence-corrected chi connectivity index (χ4v) is 3.47. The minimum atomic E-state index is -2.98. The topological polar surface area (TPSA) is 71.4 Å². The average molecular weight is 254 g/mol. The zero-order chi connectivity index (χ0) is 12.1. The molecular formula is C9H18O4S2. The van der Waals surface area contributed by atoms with Crippen LogP contribution in [0.15, 0.2) is 0 Å². The molecule has 0 amide bonds. The lowest BCUT2D eigenvalue weighted by atomic mass is 10.1. The summed E-state index contributed by atoms with van der Waals surface area (Å²) in [5, 5.41) is 8.34. The maximum atomic E-state index is 11.2. The van der Waals surface area contributed by atoms with Crippen molar-refractivity contribution >= 4 is 27.6 Å². The molecule has 0 aliphatic rings. The molecule has 0 aliphatic heterocycles. The number of sulfone groups is 1. The summed E-state index contributed by atoms with van der Waals surface area (Å²) in [6.45, 7) is 5.23. The second-order valence-corrected chi connectivity index (χ2v) is 7.33. The highest BCUT2D eigenvalue weighted by Gasteiger charge is 2.22. The molecule has 0 saturated carbocycles. The summed E-state index contributed by atoms with van der Waals surface area (Å²) in [6.07, 6.45) is 0. The molecule has 0 heterocycles. The van der Waals surface area contributed by atoms with Gasteiger partial charge in [-0.2, -0.15) is 0 Å². The van der Waals surface area contributed by atoms with E-state index in [-0.39, 0.29) is 17.4 Å². The van der Waals surface area contributed by atoms with Gasteiger partial charge in [-0.3, -0.25) is 4.79 Å². The van der Waals surface area contributed by atoms with Crippen molar-refractivity contribution in [1.82, 2.24) is 0 Å². The van der Waals surface area contributed by atoms with Crippen molar-refractivity contribution in [3.8, 4) is 0 Å². The number of thioether (sulfide) groups is 1. The summed E-state index contributed by atoms with van der Waals surface area (Å²) in [5.41, 5.74) is 0. The maximum absolute atomic E-state index is 11.2. The van der Waals surface area contributed by atoms with Crippen LogP contribution in [0.25, 0.3) is 0 Å². The van der Waals surface area contributed by atoms with Crippen molar-refractivity contribution in [1.29, 1.82) is 0 Å². The Bertz CT molecular complexity index is 295. The minimum absolute atomic E-state index is 0.0110. The molecule has 0 aromatic heterocycles. The third kappa shape index (κ3) is 6.04. The van der Waals surface area contributed by atoms with E-state index in [4.69, 9.17) is 5.11 Å². The molecule has 0 radical (unpaired) electrons. The fraction of sp³-hybridized carbons (Fsp3) is 0.889. The summed E-state index contributed by atoms with van der Waals surface area (Å²) >= 11 is 1.20. The first-order valence-corrected chi connectivity index (χ1v) is 7.72. The summed E-state index contributed by atoms with van der Waals surface area (Å²) < 4.78 is 22.3. The molecular weight excluding hydrogens is 236 g/mol. The Morgan fingerprint density at radius 3 is 2.27 bits per heavy atom. The number of aliphatic carboxylic acids is 1. The van der Waals surface area contributed by atoms with E-state index in [1.807, 2.05) is 13.8 Å². The first-order valence-electron chi connectivity index (χ1n) is 4.85. The van der Waals surface area contributed by atoms with Crippen LogP contribution in [0.3, 0.4) is 0 Å². The van der Waals surface area contributed by atoms with Crippen molar-refractivity contribution in [3.05, 3.63) is 0 Å². The van der Waals surface area contributed by atoms with E-state index in [1.165, 1.54) is 11.8 Å². The molecule has 90 valence electrons. The smallest absolute Gasteiger partial charge is 0.316 e. The summed E-state index contributed by atoms with van der Waals surface area (Å²) in [4.78, 5) is 10.8. The van der Waals surface area contributed by atoms with Gasteiger partial charge in [-0.1, -0.05) is 20.8 Å². The van der Waals surface area contributed by atoms with Gasteiger partial charge in [0.05, 0.1) is 5.75 Å². The molecule has 1 N–H and O–H groups in total. The van der Waals surface area contributed by atoms with E-state index >= 15 is 0 Å². The Kier molecular flexibility index (Phi) is 6.28. The monoisotopic (exact) mass is 254 g/mol. The Labute approximate surface area is 95.4 Å². The van der Waals surface area contributed by atoms with Gasteiger partial charge in [0.1, 0.15) is 5.25 Å². The predicted molar refractivity (Wildman–Crippen MR) is 63.0 cm³/mol. The molecule has 0 saturated heterocycles. The zero-order valence-electron chi connectivity index (χ0n) is 9.26. The van der Waals surface area contributed by atoms with Crippen molar-refractivity contribution in [2.45, 2.75) is 26.0 Å². The van der Waals surface area contributed by atoms with E-state index in [1.54, 1.807) is 6.92 Å². The predicted octanol–water partition coefficient (Wildman–Crippen LogP) is 1.26. The standard InChI is InChI=1S/C9H18O4S2/c1-4-15(12,13)6-5-14-8(7(2)3)9(10)11/h7-8H,4-6H2,1-3H3,(H,10,11). The molecule has 0 spiro atoms. The number of hydrogen-bond donors (Lipinski definition) is 1. The lowest BCUT2D eigenvalue weighted by Gasteiger charge is -2.15. The lowest BCUT2D eigenvalue weighted by molar-refractivity contribution is -0.137. The molecule has 15 heavy (non-hydrogen) atoms. The Morgan fingerprint density at radius 2 is 1.93 bits per heavy atom. The van der Waals surface area contributed by atoms with E-state index in [9.17, 15) is 13.2 Å². The van der Waals surface area contributed by atoms with Gasteiger partial charge >= 0.3 is 5.97 Å². The highest BCUT2D eigenvalue weighted by molar-refractivity contribution is 8.01. The molecule has 0 aliphatic carbocycles. The molecule has 6 heteroatoms. The van der Waals surface area contributed by atoms with E-state index in [0.29, 0.717) is 5.75 Å². The third-order valence-corrected chi connectivity index (χ3v) is 5.49. The maximum Gasteiger partial charge on any atom is 0.316 e. The number of carboxylic acid groups (broad SMARTS) is 1. The van der Waals surface area contributed by atoms with Crippen molar-refractivity contribution < 1.29 is 18.3 Å². The summed E-state index contributed by atoms with van der Waals surface area (Å²) in [6, 6.07) is 0. The van der Waals surface area contributed by atoms with Crippen LogP contribution in [0.2, 0.25) is 0 Å². The summed E-state index contributed by atoms with van der Waals surface area (Å²) in [5.74, 6) is -0.330. The number of rotatable bonds is 7. The molecule has 0 aromatic carbocycles. The van der Waals surface area contributed by atoms with Gasteiger partial charge in [-0.15, -0.1) is 11.8 Å². The molecule has 4 nitrogen and oxygen atoms in total. The largest absolute Gasteiger partial charge is 0.480 e. The molecule has 0 rings (SSSR count). The van der Waals surface area contributed by atoms with Gasteiger partial charge < -0.3 is 5.11 Å². The van der Waals surface area contributed by atoms with Crippen LogP contribution in [0, 0.1) is 5.92 Å². The quantitative estimate of drug-likeness (QED) is 0.740. The van der Waals surface area contributed by atoms with E-state index < -0.39 is 21.1 Å². The van der Waals surface area contributed by atoms with Gasteiger partial charge in [0.2, 0.25) is 0 Å². The van der Waals surface area contributed by atoms with Crippen LogP contribution < -0.4 is 0 Å². The van der Waals surface area contributed by atoms with E-state index in [2.05, 4.69) is 0 Å². The average Bonchev–Trinajstić information content (AvgIpc) is 2.11. The molecule has 0 aromatic rings. The Morgan fingerprint density at radius 1 is 1.40 bits per heavy atom. The normalized spacial score (nSPS) is 14.1. The number of carboxylic acids is 1. The highest BCUT2D eigenvalue weighted by atomic mass is 32.2. The first-order chi connectivity index (χ1) is 6.80. The SMILES string of the molecule is CCS(=O)(=O)CCSC(C(=O)O)C(C)C. The van der Waals surface area contributed by atoms with Crippen molar-refractivity contribution in [3.63, 3.8) is 0 Å². The second kappa shape index (κ2) is 6.37. The molecule has 1 unspecified atom stereocenters. The first kappa shape index (κ1) is 14.8. The van der Waals surface area contributed by atoms with Crippen molar-refractivity contribution in [2.75, 3.05) is 17.3 Å². The highest BCUT2D eigenvalue weighted by Crippen LogP contribution is 2.19. The van der Waals surface area contributed by atoms with Gasteiger partial charge in [-0.05, 0) is 5.92 Å². The van der Waals surface area contributed by atoms with Crippen LogP contribution >= 0.6 is 11.8 Å². The van der Waals surface area contributed by atoms with Crippen molar-refractivity contribution in [2.24, 2.45) is 5.92 Å². The Hall–Kier alpha value is -0.230. The van der Waals surface area contributed by atoms with Gasteiger partial charge in [-0.25, -0.2) is 8.42 Å². The fourth-order valence-electron chi connectivity index (χ4n) is 0.995. The molecule has 0 fully saturated rings. The van der Waals surface area contributed by atoms with Crippen LogP contribution in [0.4, 0.5) is 0 Å². The van der Waals surface area contributed by atoms with Crippen LogP contribution in [0.1, 0.15) is 20.8 Å². The summed E-state index contributed by atoms with van der Waals surface area (Å²) in [7, 11) is -2.98. The third-order valence-electron chi connectivity index (χ3n) is 1.98. The minimum Gasteiger partial charge on any atom is -0.480 e. The zero-order valence-corrected chi connectivity index (χ0v) is 10.9. The molecule has 1 atom stereocenters. The van der Waals surface area contributed by atoms with Crippen LogP contribution in [-0.4, -0.2) is 42.0 Å². The van der Waals surface area contributed by atoms with Gasteiger partial charge in [0, 0.05) is 11.5 Å². The number of hydrogen-bond acceptors (Lipinski definition) is 4. The second-order valence-electron chi connectivity index (χ2n) is 3.61. The van der Waals surface area contributed by atoms with E-state index in [0.717, 1.165) is 0 Å². The Balaban J connectivity index is 4.09. The van der Waals surface area contributed by atoms with Crippen LogP contribution in [0.5, 0.6) is 0 Å². The van der Waals surface area contributed by atoms with Gasteiger partial charge in [0.15, 0.2) is 9.84 Å². The molecule has 0 bridgehead atoms. The van der Waals surface area contributed by atoms with Gasteiger partial charge in [0.25, 0.3) is 0 Å². The van der Waals surface area contributed by atoms with Crippen LogP contribution in [-0.2, 0) is 14.6 Å².